The molecule has 0 aliphatic heterocycles. The fraction of sp³-hybridized carbons (Fsp3) is 0.733. The zero-order chi connectivity index (χ0) is 13.0. The molecule has 18 heavy (non-hydrogen) atoms. The molecule has 0 amide bonds. The van der Waals surface area contributed by atoms with E-state index in [0.29, 0.717) is 5.92 Å². The van der Waals surface area contributed by atoms with E-state index in [1.165, 1.54) is 30.5 Å². The third-order valence-electron chi connectivity index (χ3n) is 4.04. The van der Waals surface area contributed by atoms with Crippen LogP contribution in [0.15, 0.2) is 0 Å². The molecule has 0 atom stereocenters. The van der Waals surface area contributed by atoms with E-state index in [1.807, 2.05) is 7.05 Å². The van der Waals surface area contributed by atoms with Crippen LogP contribution >= 0.6 is 0 Å². The third kappa shape index (κ3) is 2.65. The number of aryl methyl sites for hydroxylation is 1. The van der Waals surface area contributed by atoms with Crippen molar-refractivity contribution in [1.82, 2.24) is 9.97 Å². The van der Waals surface area contributed by atoms with Gasteiger partial charge in [0, 0.05) is 24.2 Å². The molecule has 3 nitrogen and oxygen atoms in total. The van der Waals surface area contributed by atoms with E-state index in [0.717, 1.165) is 37.3 Å². The summed E-state index contributed by atoms with van der Waals surface area (Å²) in [6.07, 6.45) is 8.37. The minimum Gasteiger partial charge on any atom is -0.373 e. The zero-order valence-electron chi connectivity index (χ0n) is 11.9. The number of hydrogen-bond acceptors (Lipinski definition) is 3. The maximum Gasteiger partial charge on any atom is 0.134 e. The van der Waals surface area contributed by atoms with Crippen molar-refractivity contribution in [3.05, 3.63) is 17.1 Å². The quantitative estimate of drug-likeness (QED) is 0.825. The predicted molar refractivity (Wildman–Crippen MR) is 76.2 cm³/mol. The lowest BCUT2D eigenvalue weighted by atomic mass is 10.0. The van der Waals surface area contributed by atoms with Gasteiger partial charge in [-0.1, -0.05) is 20.3 Å². The monoisotopic (exact) mass is 247 g/mol. The molecule has 0 aromatic carbocycles. The maximum atomic E-state index is 4.87. The first-order valence-electron chi connectivity index (χ1n) is 7.37. The summed E-state index contributed by atoms with van der Waals surface area (Å²) in [6.45, 7) is 4.45. The molecule has 0 fully saturated rings. The molecule has 1 heterocycles. The molecular formula is C15H25N3. The highest BCUT2D eigenvalue weighted by atomic mass is 15.0. The van der Waals surface area contributed by atoms with Gasteiger partial charge in [0.1, 0.15) is 11.6 Å². The summed E-state index contributed by atoms with van der Waals surface area (Å²) in [4.78, 5) is 9.64. The fourth-order valence-corrected chi connectivity index (χ4v) is 2.83. The van der Waals surface area contributed by atoms with E-state index in [-0.39, 0.29) is 0 Å². The number of hydrogen-bond donors (Lipinski definition) is 1. The molecule has 1 N–H and O–H groups in total. The van der Waals surface area contributed by atoms with Gasteiger partial charge in [0.25, 0.3) is 0 Å². The Morgan fingerprint density at radius 3 is 2.44 bits per heavy atom. The number of nitrogens with zero attached hydrogens (tertiary/aromatic N) is 2. The van der Waals surface area contributed by atoms with Crippen molar-refractivity contribution in [3.63, 3.8) is 0 Å². The van der Waals surface area contributed by atoms with Gasteiger partial charge in [0.15, 0.2) is 0 Å². The summed E-state index contributed by atoms with van der Waals surface area (Å²) in [6, 6.07) is 0. The van der Waals surface area contributed by atoms with Crippen molar-refractivity contribution in [2.24, 2.45) is 0 Å². The van der Waals surface area contributed by atoms with Crippen molar-refractivity contribution < 1.29 is 0 Å². The lowest BCUT2D eigenvalue weighted by Crippen LogP contribution is -2.11. The molecule has 0 unspecified atom stereocenters. The topological polar surface area (TPSA) is 37.8 Å². The number of anilines is 1. The molecule has 1 aromatic heterocycles. The van der Waals surface area contributed by atoms with E-state index in [9.17, 15) is 0 Å². The lowest BCUT2D eigenvalue weighted by molar-refractivity contribution is 0.596. The van der Waals surface area contributed by atoms with Crippen LogP contribution in [0.2, 0.25) is 0 Å². The molecule has 0 saturated carbocycles. The molecule has 0 saturated heterocycles. The summed E-state index contributed by atoms with van der Waals surface area (Å²) < 4.78 is 0. The minimum atomic E-state index is 0.505. The van der Waals surface area contributed by atoms with Crippen LogP contribution in [0.25, 0.3) is 0 Å². The highest BCUT2D eigenvalue weighted by molar-refractivity contribution is 5.47. The van der Waals surface area contributed by atoms with Gasteiger partial charge in [-0.25, -0.2) is 9.97 Å². The molecule has 0 bridgehead atoms. The smallest absolute Gasteiger partial charge is 0.134 e. The number of rotatable bonds is 4. The summed E-state index contributed by atoms with van der Waals surface area (Å²) in [5.74, 6) is 2.62. The molecule has 0 radical (unpaired) electrons. The van der Waals surface area contributed by atoms with Gasteiger partial charge >= 0.3 is 0 Å². The second-order valence-electron chi connectivity index (χ2n) is 5.18. The van der Waals surface area contributed by atoms with Crippen LogP contribution in [-0.4, -0.2) is 17.0 Å². The van der Waals surface area contributed by atoms with Crippen LogP contribution in [0.5, 0.6) is 0 Å². The van der Waals surface area contributed by atoms with Crippen molar-refractivity contribution in [2.75, 3.05) is 12.4 Å². The molecule has 0 spiro atoms. The van der Waals surface area contributed by atoms with Crippen LogP contribution < -0.4 is 5.32 Å². The molecule has 1 aliphatic carbocycles. The third-order valence-corrected chi connectivity index (χ3v) is 4.04. The predicted octanol–water partition coefficient (Wildman–Crippen LogP) is 3.69. The van der Waals surface area contributed by atoms with Crippen molar-refractivity contribution in [2.45, 2.75) is 64.7 Å². The van der Waals surface area contributed by atoms with Crippen molar-refractivity contribution in [1.29, 1.82) is 0 Å². The first-order valence-corrected chi connectivity index (χ1v) is 7.37. The first-order chi connectivity index (χ1) is 8.80. The van der Waals surface area contributed by atoms with Crippen LogP contribution in [0.1, 0.15) is 69.0 Å². The SMILES string of the molecule is CCC(CC)c1nc2c(c(NC)n1)CCCCC2. The summed E-state index contributed by atoms with van der Waals surface area (Å²) in [5, 5.41) is 3.28. The van der Waals surface area contributed by atoms with E-state index in [4.69, 9.17) is 9.97 Å². The number of fused-ring (bicyclic) bond motifs is 1. The highest BCUT2D eigenvalue weighted by Gasteiger charge is 2.19. The largest absolute Gasteiger partial charge is 0.373 e. The molecule has 1 aliphatic rings. The van der Waals surface area contributed by atoms with E-state index < -0.39 is 0 Å². The Bertz CT molecular complexity index is 397. The zero-order valence-corrected chi connectivity index (χ0v) is 11.9. The molecule has 2 rings (SSSR count). The van der Waals surface area contributed by atoms with Gasteiger partial charge in [0.05, 0.1) is 0 Å². The van der Waals surface area contributed by atoms with Gasteiger partial charge in [-0.15, -0.1) is 0 Å². The Labute approximate surface area is 110 Å². The minimum absolute atomic E-state index is 0.505. The molecule has 100 valence electrons. The second-order valence-corrected chi connectivity index (χ2v) is 5.18. The van der Waals surface area contributed by atoms with E-state index in [2.05, 4.69) is 19.2 Å². The average molecular weight is 247 g/mol. The lowest BCUT2D eigenvalue weighted by Gasteiger charge is -2.17. The summed E-state index contributed by atoms with van der Waals surface area (Å²) >= 11 is 0. The Morgan fingerprint density at radius 1 is 1.06 bits per heavy atom. The maximum absolute atomic E-state index is 4.87. The fourth-order valence-electron chi connectivity index (χ4n) is 2.83. The Hall–Kier alpha value is -1.12. The van der Waals surface area contributed by atoms with Crippen LogP contribution in [0.3, 0.4) is 0 Å². The van der Waals surface area contributed by atoms with Gasteiger partial charge in [-0.2, -0.15) is 0 Å². The summed E-state index contributed by atoms with van der Waals surface area (Å²) in [7, 11) is 1.98. The standard InChI is InChI=1S/C15H25N3/c1-4-11(5-2)14-17-13-10-8-6-7-9-12(13)15(16-3)18-14/h11H,4-10H2,1-3H3,(H,16,17,18). The second kappa shape index (κ2) is 6.17. The Balaban J connectivity index is 2.42. The van der Waals surface area contributed by atoms with Gasteiger partial charge < -0.3 is 5.32 Å². The highest BCUT2D eigenvalue weighted by Crippen LogP contribution is 2.28. The van der Waals surface area contributed by atoms with Gasteiger partial charge in [-0.3, -0.25) is 0 Å². The van der Waals surface area contributed by atoms with Gasteiger partial charge in [0.2, 0.25) is 0 Å². The van der Waals surface area contributed by atoms with Crippen LogP contribution in [0, 0.1) is 0 Å². The van der Waals surface area contributed by atoms with Gasteiger partial charge in [-0.05, 0) is 38.5 Å². The van der Waals surface area contributed by atoms with E-state index >= 15 is 0 Å². The average Bonchev–Trinajstić information content (AvgIpc) is 2.64. The molecule has 3 heteroatoms. The van der Waals surface area contributed by atoms with Crippen molar-refractivity contribution >= 4 is 5.82 Å². The first kappa shape index (κ1) is 13.3. The van der Waals surface area contributed by atoms with Crippen LogP contribution in [0.4, 0.5) is 5.82 Å². The molecular weight excluding hydrogens is 222 g/mol. The normalized spacial score (nSPS) is 15.3. The molecule has 1 aromatic rings. The Kier molecular flexibility index (Phi) is 4.56. The Morgan fingerprint density at radius 2 is 1.78 bits per heavy atom. The number of nitrogens with one attached hydrogen (secondary N) is 1. The van der Waals surface area contributed by atoms with Crippen LogP contribution in [-0.2, 0) is 12.8 Å². The van der Waals surface area contributed by atoms with E-state index in [1.54, 1.807) is 0 Å². The number of aromatic nitrogens is 2. The van der Waals surface area contributed by atoms with Crippen molar-refractivity contribution in [3.8, 4) is 0 Å². The summed E-state index contributed by atoms with van der Waals surface area (Å²) in [5.41, 5.74) is 2.67.